The molecule has 0 spiro atoms. The molecule has 0 radical (unpaired) electrons. The highest BCUT2D eigenvalue weighted by molar-refractivity contribution is 5.65. The smallest absolute Gasteiger partial charge is 0.0518 e. The van der Waals surface area contributed by atoms with Gasteiger partial charge in [0.15, 0.2) is 0 Å². The molecule has 0 aliphatic rings. The average Bonchev–Trinajstić information content (AvgIpc) is 2.43. The number of para-hydroxylation sites is 1. The van der Waals surface area contributed by atoms with E-state index in [9.17, 15) is 0 Å². The standard InChI is InChI=1S/C19H27N/c1-7-9-10-14-20(8-2)19-17(15(3)4)12-11-13-18(19)16(5)6/h7-16H,2H2,1,3-6H3. The lowest BCUT2D eigenvalue weighted by molar-refractivity contribution is 0.830. The zero-order valence-corrected chi connectivity index (χ0v) is 13.4. The van der Waals surface area contributed by atoms with Gasteiger partial charge in [-0.15, -0.1) is 0 Å². The molecule has 0 heterocycles. The molecule has 0 saturated heterocycles. The maximum absolute atomic E-state index is 3.97. The Hall–Kier alpha value is -1.76. The van der Waals surface area contributed by atoms with Crippen molar-refractivity contribution in [2.24, 2.45) is 0 Å². The number of hydrogen-bond acceptors (Lipinski definition) is 1. The van der Waals surface area contributed by atoms with Gasteiger partial charge in [0.2, 0.25) is 0 Å². The molecule has 0 aliphatic carbocycles. The third-order valence-electron chi connectivity index (χ3n) is 3.35. The molecule has 0 bridgehead atoms. The van der Waals surface area contributed by atoms with Crippen LogP contribution in [0.3, 0.4) is 0 Å². The summed E-state index contributed by atoms with van der Waals surface area (Å²) in [7, 11) is 0. The molecule has 1 aromatic rings. The minimum absolute atomic E-state index is 0.487. The van der Waals surface area contributed by atoms with Gasteiger partial charge in [0.25, 0.3) is 0 Å². The fourth-order valence-electron chi connectivity index (χ4n) is 2.29. The first-order chi connectivity index (χ1) is 9.52. The first-order valence-electron chi connectivity index (χ1n) is 7.36. The van der Waals surface area contributed by atoms with Crippen LogP contribution in [-0.2, 0) is 0 Å². The van der Waals surface area contributed by atoms with E-state index in [1.54, 1.807) is 0 Å². The lowest BCUT2D eigenvalue weighted by atomic mass is 9.92. The van der Waals surface area contributed by atoms with Gasteiger partial charge in [-0.2, -0.15) is 0 Å². The van der Waals surface area contributed by atoms with Crippen LogP contribution < -0.4 is 4.90 Å². The van der Waals surface area contributed by atoms with Crippen LogP contribution in [0.4, 0.5) is 5.69 Å². The molecule has 0 fully saturated rings. The van der Waals surface area contributed by atoms with Gasteiger partial charge >= 0.3 is 0 Å². The van der Waals surface area contributed by atoms with E-state index >= 15 is 0 Å². The number of hydrogen-bond donors (Lipinski definition) is 0. The molecular formula is C19H27N. The van der Waals surface area contributed by atoms with Crippen molar-refractivity contribution >= 4 is 5.69 Å². The summed E-state index contributed by atoms with van der Waals surface area (Å²) in [6.07, 6.45) is 10.1. The summed E-state index contributed by atoms with van der Waals surface area (Å²) in [5.41, 5.74) is 4.00. The second-order valence-corrected chi connectivity index (χ2v) is 5.55. The van der Waals surface area contributed by atoms with Crippen molar-refractivity contribution in [3.05, 3.63) is 66.5 Å². The van der Waals surface area contributed by atoms with Crippen LogP contribution >= 0.6 is 0 Å². The van der Waals surface area contributed by atoms with E-state index in [1.807, 2.05) is 31.4 Å². The van der Waals surface area contributed by atoms with Crippen molar-refractivity contribution in [2.75, 3.05) is 4.90 Å². The van der Waals surface area contributed by atoms with Crippen molar-refractivity contribution in [1.82, 2.24) is 0 Å². The Labute approximate surface area is 124 Å². The molecule has 1 heteroatoms. The van der Waals surface area contributed by atoms with E-state index in [2.05, 4.69) is 63.6 Å². The third kappa shape index (κ3) is 3.86. The number of allylic oxidation sites excluding steroid dienone is 3. The zero-order valence-electron chi connectivity index (χ0n) is 13.4. The minimum atomic E-state index is 0.487. The van der Waals surface area contributed by atoms with Gasteiger partial charge < -0.3 is 4.90 Å². The van der Waals surface area contributed by atoms with Gasteiger partial charge in [-0.25, -0.2) is 0 Å². The van der Waals surface area contributed by atoms with E-state index in [1.165, 1.54) is 16.8 Å². The van der Waals surface area contributed by atoms with Gasteiger partial charge in [0, 0.05) is 12.4 Å². The largest absolute Gasteiger partial charge is 0.324 e. The first kappa shape index (κ1) is 16.3. The highest BCUT2D eigenvalue weighted by Crippen LogP contribution is 2.35. The van der Waals surface area contributed by atoms with Gasteiger partial charge in [0.1, 0.15) is 0 Å². The molecule has 0 N–H and O–H groups in total. The summed E-state index contributed by atoms with van der Waals surface area (Å²) in [5.74, 6) is 0.975. The van der Waals surface area contributed by atoms with E-state index < -0.39 is 0 Å². The Morgan fingerprint density at radius 3 is 1.95 bits per heavy atom. The first-order valence-corrected chi connectivity index (χ1v) is 7.36. The molecule has 0 atom stereocenters. The average molecular weight is 269 g/mol. The lowest BCUT2D eigenvalue weighted by Gasteiger charge is -2.26. The molecular weight excluding hydrogens is 242 g/mol. The Bertz CT molecular complexity index is 466. The van der Waals surface area contributed by atoms with Crippen molar-refractivity contribution in [3.63, 3.8) is 0 Å². The SMILES string of the molecule is C=CN(C=CC=CC)c1c(C(C)C)cccc1C(C)C. The Balaban J connectivity index is 3.40. The summed E-state index contributed by atoms with van der Waals surface area (Å²) < 4.78 is 0. The number of nitrogens with zero attached hydrogens (tertiary/aromatic N) is 1. The predicted octanol–water partition coefficient (Wildman–Crippen LogP) is 5.97. The second-order valence-electron chi connectivity index (χ2n) is 5.55. The van der Waals surface area contributed by atoms with Crippen LogP contribution in [0.15, 0.2) is 55.4 Å². The normalized spacial score (nSPS) is 11.9. The molecule has 1 nitrogen and oxygen atoms in total. The zero-order chi connectivity index (χ0) is 15.1. The topological polar surface area (TPSA) is 3.24 Å². The van der Waals surface area contributed by atoms with E-state index in [0.717, 1.165) is 0 Å². The fourth-order valence-corrected chi connectivity index (χ4v) is 2.29. The highest BCUT2D eigenvalue weighted by Gasteiger charge is 2.16. The molecule has 0 aliphatic heterocycles. The van der Waals surface area contributed by atoms with Crippen molar-refractivity contribution < 1.29 is 0 Å². The number of anilines is 1. The summed E-state index contributed by atoms with van der Waals surface area (Å²) in [4.78, 5) is 2.13. The summed E-state index contributed by atoms with van der Waals surface area (Å²) in [6, 6.07) is 6.59. The maximum Gasteiger partial charge on any atom is 0.0518 e. The van der Waals surface area contributed by atoms with E-state index in [0.29, 0.717) is 11.8 Å². The molecule has 1 rings (SSSR count). The second kappa shape index (κ2) is 7.74. The quantitative estimate of drug-likeness (QED) is 0.575. The molecule has 20 heavy (non-hydrogen) atoms. The maximum atomic E-state index is 3.97. The van der Waals surface area contributed by atoms with Crippen molar-refractivity contribution in [2.45, 2.75) is 46.5 Å². The van der Waals surface area contributed by atoms with Gasteiger partial charge in [-0.3, -0.25) is 0 Å². The fraction of sp³-hybridized carbons (Fsp3) is 0.368. The van der Waals surface area contributed by atoms with Crippen LogP contribution in [0.5, 0.6) is 0 Å². The van der Waals surface area contributed by atoms with Gasteiger partial charge in [0.05, 0.1) is 5.69 Å². The predicted molar refractivity (Wildman–Crippen MR) is 91.3 cm³/mol. The summed E-state index contributed by atoms with van der Waals surface area (Å²) >= 11 is 0. The van der Waals surface area contributed by atoms with Gasteiger partial charge in [-0.05, 0) is 36.0 Å². The number of rotatable bonds is 6. The number of benzene rings is 1. The van der Waals surface area contributed by atoms with Crippen LogP contribution in [0.1, 0.15) is 57.6 Å². The molecule has 0 unspecified atom stereocenters. The van der Waals surface area contributed by atoms with Crippen molar-refractivity contribution in [3.8, 4) is 0 Å². The van der Waals surface area contributed by atoms with E-state index in [4.69, 9.17) is 0 Å². The third-order valence-corrected chi connectivity index (χ3v) is 3.35. The Kier molecular flexibility index (Phi) is 6.30. The molecule has 1 aromatic carbocycles. The molecule has 0 amide bonds. The minimum Gasteiger partial charge on any atom is -0.324 e. The van der Waals surface area contributed by atoms with Crippen LogP contribution in [0.2, 0.25) is 0 Å². The van der Waals surface area contributed by atoms with Crippen LogP contribution in [0.25, 0.3) is 0 Å². The lowest BCUT2D eigenvalue weighted by Crippen LogP contribution is -2.13. The summed E-state index contributed by atoms with van der Waals surface area (Å²) in [5, 5.41) is 0. The summed E-state index contributed by atoms with van der Waals surface area (Å²) in [6.45, 7) is 14.9. The Morgan fingerprint density at radius 2 is 1.55 bits per heavy atom. The molecule has 0 aromatic heterocycles. The molecule has 0 saturated carbocycles. The highest BCUT2D eigenvalue weighted by atomic mass is 15.1. The van der Waals surface area contributed by atoms with Gasteiger partial charge in [-0.1, -0.05) is 64.6 Å². The van der Waals surface area contributed by atoms with Crippen LogP contribution in [0, 0.1) is 0 Å². The van der Waals surface area contributed by atoms with Crippen LogP contribution in [-0.4, -0.2) is 0 Å². The van der Waals surface area contributed by atoms with Crippen molar-refractivity contribution in [1.29, 1.82) is 0 Å². The monoisotopic (exact) mass is 269 g/mol. The van der Waals surface area contributed by atoms with E-state index in [-0.39, 0.29) is 0 Å². The Morgan fingerprint density at radius 1 is 1.00 bits per heavy atom. The molecule has 108 valence electrons.